The number of hydrogen-bond donors (Lipinski definition) is 0. The molecule has 0 aromatic heterocycles. The summed E-state index contributed by atoms with van der Waals surface area (Å²) in [6, 6.07) is 9.50. The van der Waals surface area contributed by atoms with Crippen LogP contribution in [0.4, 0.5) is 5.69 Å². The Balaban J connectivity index is 0.000000354. The van der Waals surface area contributed by atoms with E-state index in [2.05, 4.69) is 36.2 Å². The molecule has 0 aliphatic heterocycles. The molecule has 0 saturated heterocycles. The van der Waals surface area contributed by atoms with Gasteiger partial charge in [-0.05, 0) is 24.4 Å². The minimum atomic E-state index is 0.854. The van der Waals surface area contributed by atoms with Gasteiger partial charge in [0.2, 0.25) is 0 Å². The van der Waals surface area contributed by atoms with Crippen molar-refractivity contribution >= 4 is 23.1 Å². The summed E-state index contributed by atoms with van der Waals surface area (Å²) < 4.78 is 0. The predicted octanol–water partition coefficient (Wildman–Crippen LogP) is 3.84. The molecule has 0 heterocycles. The minimum Gasteiger partial charge on any atom is -0.195 e. The fraction of sp³-hybridized carbons (Fsp3) is 0.300. The number of para-hydroxylation sites is 1. The minimum absolute atomic E-state index is 0.854. The van der Waals surface area contributed by atoms with Gasteiger partial charge in [0.05, 0.1) is 10.8 Å². The summed E-state index contributed by atoms with van der Waals surface area (Å²) in [6.45, 7) is 4.25. The molecule has 0 bridgehead atoms. The first-order chi connectivity index (χ1) is 5.85. The average Bonchev–Trinajstić information content (AvgIpc) is 2.08. The first kappa shape index (κ1) is 11.0. The molecular weight excluding hydrogens is 166 g/mol. The smallest absolute Gasteiger partial charge is 0.0739 e. The lowest BCUT2D eigenvalue weighted by Crippen LogP contribution is -1.58. The molecule has 0 fully saturated rings. The normalized spacial score (nSPS) is 7.50. The van der Waals surface area contributed by atoms with Gasteiger partial charge in [0.1, 0.15) is 0 Å². The second-order valence-corrected chi connectivity index (χ2v) is 2.43. The lowest BCUT2D eigenvalue weighted by Gasteiger charge is -1.83. The van der Waals surface area contributed by atoms with E-state index in [0.717, 1.165) is 5.69 Å². The van der Waals surface area contributed by atoms with E-state index in [4.69, 9.17) is 0 Å². The molecule has 0 radical (unpaired) electrons. The molecule has 64 valence electrons. The van der Waals surface area contributed by atoms with Crippen LogP contribution in [-0.2, 0) is 0 Å². The van der Waals surface area contributed by atoms with Gasteiger partial charge in [-0.15, -0.1) is 0 Å². The summed E-state index contributed by atoms with van der Waals surface area (Å²) in [5, 5.41) is 2.29. The highest BCUT2D eigenvalue weighted by molar-refractivity contribution is 7.78. The SMILES string of the molecule is CCC.S=C=Nc1ccccc1. The third-order valence-corrected chi connectivity index (χ3v) is 1.02. The van der Waals surface area contributed by atoms with Crippen LogP contribution in [0.3, 0.4) is 0 Å². The van der Waals surface area contributed by atoms with Crippen LogP contribution < -0.4 is 0 Å². The van der Waals surface area contributed by atoms with Crippen molar-refractivity contribution in [2.75, 3.05) is 0 Å². The molecule has 1 aromatic carbocycles. The zero-order chi connectivity index (χ0) is 9.23. The van der Waals surface area contributed by atoms with Crippen molar-refractivity contribution < 1.29 is 0 Å². The molecule has 0 aliphatic carbocycles. The van der Waals surface area contributed by atoms with Crippen molar-refractivity contribution in [2.24, 2.45) is 4.99 Å². The maximum atomic E-state index is 4.42. The van der Waals surface area contributed by atoms with Gasteiger partial charge >= 0.3 is 0 Å². The lowest BCUT2D eigenvalue weighted by molar-refractivity contribution is 1.09. The number of rotatable bonds is 1. The molecule has 1 aromatic rings. The Bertz CT molecular complexity index is 237. The zero-order valence-corrected chi connectivity index (χ0v) is 8.27. The fourth-order valence-corrected chi connectivity index (χ4v) is 0.661. The lowest BCUT2D eigenvalue weighted by atomic mass is 10.3. The van der Waals surface area contributed by atoms with Crippen molar-refractivity contribution in [1.82, 2.24) is 0 Å². The summed E-state index contributed by atoms with van der Waals surface area (Å²) in [5.74, 6) is 0. The second kappa shape index (κ2) is 8.12. The molecule has 0 aliphatic rings. The van der Waals surface area contributed by atoms with Crippen LogP contribution in [-0.4, -0.2) is 5.16 Å². The molecule has 1 nitrogen and oxygen atoms in total. The Morgan fingerprint density at radius 2 is 1.75 bits per heavy atom. The molecule has 0 spiro atoms. The summed E-state index contributed by atoms with van der Waals surface area (Å²) in [4.78, 5) is 3.77. The largest absolute Gasteiger partial charge is 0.195 e. The van der Waals surface area contributed by atoms with Crippen LogP contribution in [0.15, 0.2) is 35.3 Å². The monoisotopic (exact) mass is 179 g/mol. The highest BCUT2D eigenvalue weighted by Crippen LogP contribution is 2.07. The highest BCUT2D eigenvalue weighted by Gasteiger charge is 1.79. The predicted molar refractivity (Wildman–Crippen MR) is 57.1 cm³/mol. The standard InChI is InChI=1S/C7H5NS.C3H8/c9-6-8-7-4-2-1-3-5-7;1-3-2/h1-5H;3H2,1-2H3. The summed E-state index contributed by atoms with van der Waals surface area (Å²) in [5.41, 5.74) is 0.854. The quantitative estimate of drug-likeness (QED) is 0.471. The Morgan fingerprint density at radius 1 is 1.25 bits per heavy atom. The van der Waals surface area contributed by atoms with Gasteiger partial charge in [0.15, 0.2) is 0 Å². The average molecular weight is 179 g/mol. The van der Waals surface area contributed by atoms with Gasteiger partial charge in [0.25, 0.3) is 0 Å². The van der Waals surface area contributed by atoms with E-state index in [0.29, 0.717) is 0 Å². The second-order valence-electron chi connectivity index (χ2n) is 2.25. The topological polar surface area (TPSA) is 12.4 Å². The Hall–Kier alpha value is -0.980. The van der Waals surface area contributed by atoms with E-state index in [9.17, 15) is 0 Å². The van der Waals surface area contributed by atoms with Crippen molar-refractivity contribution in [3.8, 4) is 0 Å². The first-order valence-corrected chi connectivity index (χ1v) is 4.38. The Morgan fingerprint density at radius 3 is 2.17 bits per heavy atom. The van der Waals surface area contributed by atoms with Crippen molar-refractivity contribution in [2.45, 2.75) is 20.3 Å². The summed E-state index contributed by atoms with van der Waals surface area (Å²) in [6.07, 6.45) is 1.25. The first-order valence-electron chi connectivity index (χ1n) is 3.98. The molecule has 0 unspecified atom stereocenters. The molecule has 12 heavy (non-hydrogen) atoms. The Kier molecular flexibility index (Phi) is 7.46. The molecule has 0 N–H and O–H groups in total. The molecule has 0 amide bonds. The summed E-state index contributed by atoms with van der Waals surface area (Å²) in [7, 11) is 0. The van der Waals surface area contributed by atoms with E-state index in [-0.39, 0.29) is 0 Å². The number of nitrogens with zero attached hydrogens (tertiary/aromatic N) is 1. The van der Waals surface area contributed by atoms with Crippen molar-refractivity contribution in [1.29, 1.82) is 0 Å². The van der Waals surface area contributed by atoms with Crippen LogP contribution in [0.25, 0.3) is 0 Å². The van der Waals surface area contributed by atoms with Crippen LogP contribution in [0.1, 0.15) is 20.3 Å². The van der Waals surface area contributed by atoms with Crippen molar-refractivity contribution in [3.63, 3.8) is 0 Å². The van der Waals surface area contributed by atoms with E-state index in [1.165, 1.54) is 6.42 Å². The van der Waals surface area contributed by atoms with Crippen LogP contribution in [0.2, 0.25) is 0 Å². The van der Waals surface area contributed by atoms with Gasteiger partial charge in [-0.25, -0.2) is 0 Å². The fourth-order valence-electron chi connectivity index (χ4n) is 0.555. The van der Waals surface area contributed by atoms with Gasteiger partial charge in [-0.2, -0.15) is 4.99 Å². The molecule has 1 rings (SSSR count). The molecule has 0 saturated carbocycles. The van der Waals surface area contributed by atoms with Crippen molar-refractivity contribution in [3.05, 3.63) is 30.3 Å². The van der Waals surface area contributed by atoms with Gasteiger partial charge in [-0.1, -0.05) is 38.5 Å². The van der Waals surface area contributed by atoms with E-state index < -0.39 is 0 Å². The molecule has 2 heteroatoms. The number of aliphatic imine (C=N–C) groups is 1. The highest BCUT2D eigenvalue weighted by atomic mass is 32.1. The van der Waals surface area contributed by atoms with Gasteiger partial charge < -0.3 is 0 Å². The van der Waals surface area contributed by atoms with E-state index in [1.807, 2.05) is 30.3 Å². The number of benzene rings is 1. The number of isothiocyanates is 1. The van der Waals surface area contributed by atoms with E-state index in [1.54, 1.807) is 0 Å². The van der Waals surface area contributed by atoms with Gasteiger partial charge in [0, 0.05) is 0 Å². The van der Waals surface area contributed by atoms with E-state index >= 15 is 0 Å². The molecule has 0 atom stereocenters. The molecular formula is C10H13NS. The van der Waals surface area contributed by atoms with Crippen LogP contribution in [0, 0.1) is 0 Å². The third kappa shape index (κ3) is 5.78. The maximum absolute atomic E-state index is 4.42. The summed E-state index contributed by atoms with van der Waals surface area (Å²) >= 11 is 4.42. The Labute approximate surface area is 79.2 Å². The van der Waals surface area contributed by atoms with Crippen LogP contribution in [0.5, 0.6) is 0 Å². The zero-order valence-electron chi connectivity index (χ0n) is 7.45. The number of hydrogen-bond acceptors (Lipinski definition) is 2. The van der Waals surface area contributed by atoms with Crippen LogP contribution >= 0.6 is 12.2 Å². The number of thiocarbonyl (C=S) groups is 1. The third-order valence-electron chi connectivity index (χ3n) is 0.931. The van der Waals surface area contributed by atoms with Gasteiger partial charge in [-0.3, -0.25) is 0 Å². The maximum Gasteiger partial charge on any atom is 0.0739 e.